The number of hydrogen-bond donors (Lipinski definition) is 1. The largest absolute Gasteiger partial charge is 0.497 e. The highest BCUT2D eigenvalue weighted by molar-refractivity contribution is 5.85. The smallest absolute Gasteiger partial charge is 0.224 e. The van der Waals surface area contributed by atoms with Gasteiger partial charge in [0.1, 0.15) is 11.5 Å². The van der Waals surface area contributed by atoms with Crippen molar-refractivity contribution in [2.24, 2.45) is 0 Å². The van der Waals surface area contributed by atoms with Crippen molar-refractivity contribution in [1.29, 1.82) is 0 Å². The van der Waals surface area contributed by atoms with E-state index in [9.17, 15) is 4.79 Å². The third kappa shape index (κ3) is 4.54. The number of hydrogen-bond acceptors (Lipinski definition) is 3. The summed E-state index contributed by atoms with van der Waals surface area (Å²) in [6, 6.07) is 20.0. The first-order valence-corrected chi connectivity index (χ1v) is 8.64. The molecule has 0 heterocycles. The van der Waals surface area contributed by atoms with E-state index >= 15 is 0 Å². The number of amides is 1. The van der Waals surface area contributed by atoms with Crippen LogP contribution in [0.1, 0.15) is 11.1 Å². The summed E-state index contributed by atoms with van der Waals surface area (Å²) < 4.78 is 10.5. The van der Waals surface area contributed by atoms with Crippen LogP contribution in [0.15, 0.2) is 60.7 Å². The number of fused-ring (bicyclic) bond motifs is 1. The lowest BCUT2D eigenvalue weighted by molar-refractivity contribution is -0.120. The van der Waals surface area contributed by atoms with E-state index in [4.69, 9.17) is 9.47 Å². The monoisotopic (exact) mass is 349 g/mol. The number of benzene rings is 3. The molecule has 4 nitrogen and oxygen atoms in total. The summed E-state index contributed by atoms with van der Waals surface area (Å²) in [4.78, 5) is 12.2. The fourth-order valence-electron chi connectivity index (χ4n) is 2.95. The zero-order valence-corrected chi connectivity index (χ0v) is 15.1. The standard InChI is InChI=1S/C22H23NO3/c1-25-20-12-17(13-21(15-20)26-2)9-10-23-22(24)14-16-7-8-18-5-3-4-6-19(18)11-16/h3-8,11-13,15H,9-10,14H2,1-2H3,(H,23,24). The Labute approximate surface area is 153 Å². The van der Waals surface area contributed by atoms with Crippen molar-refractivity contribution in [3.63, 3.8) is 0 Å². The maximum Gasteiger partial charge on any atom is 0.224 e. The van der Waals surface area contributed by atoms with Gasteiger partial charge in [0.25, 0.3) is 0 Å². The van der Waals surface area contributed by atoms with Gasteiger partial charge in [0.15, 0.2) is 0 Å². The topological polar surface area (TPSA) is 47.6 Å². The van der Waals surface area contributed by atoms with Crippen molar-refractivity contribution in [1.82, 2.24) is 5.32 Å². The summed E-state index contributed by atoms with van der Waals surface area (Å²) in [6.07, 6.45) is 1.10. The second-order valence-electron chi connectivity index (χ2n) is 6.18. The molecule has 0 aliphatic carbocycles. The van der Waals surface area contributed by atoms with E-state index in [0.717, 1.165) is 34.4 Å². The molecule has 0 unspecified atom stereocenters. The van der Waals surface area contributed by atoms with Crippen molar-refractivity contribution >= 4 is 16.7 Å². The lowest BCUT2D eigenvalue weighted by atomic mass is 10.0. The van der Waals surface area contributed by atoms with Crippen molar-refractivity contribution < 1.29 is 14.3 Å². The summed E-state index contributed by atoms with van der Waals surface area (Å²) in [5.74, 6) is 1.53. The van der Waals surface area contributed by atoms with Crippen LogP contribution in [-0.2, 0) is 17.6 Å². The van der Waals surface area contributed by atoms with Gasteiger partial charge in [0.05, 0.1) is 20.6 Å². The molecule has 0 saturated carbocycles. The van der Waals surface area contributed by atoms with Gasteiger partial charge in [-0.2, -0.15) is 0 Å². The number of nitrogens with one attached hydrogen (secondary N) is 1. The van der Waals surface area contributed by atoms with Crippen molar-refractivity contribution in [3.05, 3.63) is 71.8 Å². The van der Waals surface area contributed by atoms with Crippen LogP contribution in [0.3, 0.4) is 0 Å². The first-order valence-electron chi connectivity index (χ1n) is 8.64. The molecule has 26 heavy (non-hydrogen) atoms. The molecule has 1 amide bonds. The third-order valence-corrected chi connectivity index (χ3v) is 4.33. The summed E-state index contributed by atoms with van der Waals surface area (Å²) in [7, 11) is 3.26. The molecule has 4 heteroatoms. The first kappa shape index (κ1) is 17.8. The van der Waals surface area contributed by atoms with Gasteiger partial charge >= 0.3 is 0 Å². The van der Waals surface area contributed by atoms with Gasteiger partial charge in [0, 0.05) is 12.6 Å². The quantitative estimate of drug-likeness (QED) is 0.706. The van der Waals surface area contributed by atoms with Gasteiger partial charge < -0.3 is 14.8 Å². The van der Waals surface area contributed by atoms with Crippen molar-refractivity contribution in [2.75, 3.05) is 20.8 Å². The predicted molar refractivity (Wildman–Crippen MR) is 104 cm³/mol. The van der Waals surface area contributed by atoms with E-state index in [0.29, 0.717) is 13.0 Å². The van der Waals surface area contributed by atoms with Gasteiger partial charge in [-0.25, -0.2) is 0 Å². The van der Waals surface area contributed by atoms with E-state index < -0.39 is 0 Å². The molecule has 0 aromatic heterocycles. The average Bonchev–Trinajstić information content (AvgIpc) is 2.67. The zero-order valence-electron chi connectivity index (χ0n) is 15.1. The Morgan fingerprint density at radius 2 is 1.54 bits per heavy atom. The van der Waals surface area contributed by atoms with E-state index in [2.05, 4.69) is 29.6 Å². The Kier molecular flexibility index (Phi) is 5.74. The summed E-state index contributed by atoms with van der Waals surface area (Å²) >= 11 is 0. The van der Waals surface area contributed by atoms with E-state index in [-0.39, 0.29) is 5.91 Å². The minimum Gasteiger partial charge on any atom is -0.497 e. The predicted octanol–water partition coefficient (Wildman–Crippen LogP) is 3.76. The molecule has 0 radical (unpaired) electrons. The molecule has 3 rings (SSSR count). The average molecular weight is 349 g/mol. The number of carbonyl (C=O) groups excluding carboxylic acids is 1. The summed E-state index contributed by atoms with van der Waals surface area (Å²) in [5.41, 5.74) is 2.08. The Morgan fingerprint density at radius 1 is 0.846 bits per heavy atom. The van der Waals surface area contributed by atoms with Crippen LogP contribution >= 0.6 is 0 Å². The zero-order chi connectivity index (χ0) is 18.4. The molecule has 0 aliphatic heterocycles. The van der Waals surface area contributed by atoms with Crippen LogP contribution in [0.25, 0.3) is 10.8 Å². The van der Waals surface area contributed by atoms with Crippen LogP contribution in [-0.4, -0.2) is 26.7 Å². The third-order valence-electron chi connectivity index (χ3n) is 4.33. The molecule has 1 N–H and O–H groups in total. The molecule has 3 aromatic rings. The van der Waals surface area contributed by atoms with Crippen molar-refractivity contribution in [3.8, 4) is 11.5 Å². The Balaban J connectivity index is 1.55. The second kappa shape index (κ2) is 8.39. The van der Waals surface area contributed by atoms with E-state index in [1.165, 1.54) is 5.39 Å². The molecule has 134 valence electrons. The molecule has 0 atom stereocenters. The van der Waals surface area contributed by atoms with Gasteiger partial charge in [-0.3, -0.25) is 4.79 Å². The number of methoxy groups -OCH3 is 2. The highest BCUT2D eigenvalue weighted by Crippen LogP contribution is 2.22. The molecule has 0 fully saturated rings. The minimum absolute atomic E-state index is 0.0233. The highest BCUT2D eigenvalue weighted by atomic mass is 16.5. The maximum absolute atomic E-state index is 12.2. The van der Waals surface area contributed by atoms with Crippen molar-refractivity contribution in [2.45, 2.75) is 12.8 Å². The Morgan fingerprint density at radius 3 is 2.23 bits per heavy atom. The van der Waals surface area contributed by atoms with Gasteiger partial charge in [-0.1, -0.05) is 42.5 Å². The fraction of sp³-hybridized carbons (Fsp3) is 0.227. The minimum atomic E-state index is 0.0233. The summed E-state index contributed by atoms with van der Waals surface area (Å²) in [5, 5.41) is 5.32. The molecule has 0 spiro atoms. The van der Waals surface area contributed by atoms with Crippen LogP contribution in [0, 0.1) is 0 Å². The number of carbonyl (C=O) groups is 1. The Bertz CT molecular complexity index is 883. The highest BCUT2D eigenvalue weighted by Gasteiger charge is 2.06. The molecular weight excluding hydrogens is 326 g/mol. The second-order valence-corrected chi connectivity index (χ2v) is 6.18. The van der Waals surface area contributed by atoms with E-state index in [1.54, 1.807) is 14.2 Å². The molecular formula is C22H23NO3. The van der Waals surface area contributed by atoms with Crippen LogP contribution < -0.4 is 14.8 Å². The lowest BCUT2D eigenvalue weighted by Crippen LogP contribution is -2.27. The lowest BCUT2D eigenvalue weighted by Gasteiger charge is -2.09. The van der Waals surface area contributed by atoms with Gasteiger partial charge in [-0.05, 0) is 40.5 Å². The SMILES string of the molecule is COc1cc(CCNC(=O)Cc2ccc3ccccc3c2)cc(OC)c1. The van der Waals surface area contributed by atoms with Gasteiger partial charge in [-0.15, -0.1) is 0 Å². The fourth-order valence-corrected chi connectivity index (χ4v) is 2.95. The first-order chi connectivity index (χ1) is 12.7. The normalized spacial score (nSPS) is 10.5. The van der Waals surface area contributed by atoms with Crippen LogP contribution in [0.4, 0.5) is 0 Å². The Hall–Kier alpha value is -3.01. The number of rotatable bonds is 7. The van der Waals surface area contributed by atoms with E-state index in [1.807, 2.05) is 36.4 Å². The van der Waals surface area contributed by atoms with Gasteiger partial charge in [0.2, 0.25) is 5.91 Å². The molecule has 0 bridgehead atoms. The molecule has 0 saturated heterocycles. The maximum atomic E-state index is 12.2. The van der Waals surface area contributed by atoms with Crippen LogP contribution in [0.5, 0.6) is 11.5 Å². The number of ether oxygens (including phenoxy) is 2. The molecule has 0 aliphatic rings. The molecule has 3 aromatic carbocycles. The summed E-state index contributed by atoms with van der Waals surface area (Å²) in [6.45, 7) is 0.572. The van der Waals surface area contributed by atoms with Crippen LogP contribution in [0.2, 0.25) is 0 Å².